The molecule has 21 heavy (non-hydrogen) atoms. The van der Waals surface area contributed by atoms with Crippen LogP contribution in [-0.2, 0) is 16.0 Å². The maximum Gasteiger partial charge on any atom is 0.245 e. The summed E-state index contributed by atoms with van der Waals surface area (Å²) in [7, 11) is 0. The number of rotatable bonds is 6. The first-order chi connectivity index (χ1) is 10.1. The number of carbonyl (C=O) groups excluding carboxylic acids is 2. The number of amides is 2. The number of hydrogen-bond donors (Lipinski definition) is 2. The highest BCUT2D eigenvalue weighted by Crippen LogP contribution is 2.12. The van der Waals surface area contributed by atoms with Gasteiger partial charge in [-0.2, -0.15) is 0 Å². The summed E-state index contributed by atoms with van der Waals surface area (Å²) < 4.78 is 0. The Morgan fingerprint density at radius 2 is 2.00 bits per heavy atom. The van der Waals surface area contributed by atoms with Gasteiger partial charge in [-0.25, -0.2) is 0 Å². The highest BCUT2D eigenvalue weighted by Gasteiger charge is 2.33. The van der Waals surface area contributed by atoms with Crippen molar-refractivity contribution < 1.29 is 14.7 Å². The SMILES string of the molecule is CCCC(NC(=O)Cc1ccccc1)C(=O)N1CC(O)C1. The number of likely N-dealkylation sites (tertiary alicyclic amines) is 1. The smallest absolute Gasteiger partial charge is 0.245 e. The van der Waals surface area contributed by atoms with Gasteiger partial charge in [-0.15, -0.1) is 0 Å². The Bertz CT molecular complexity index is 484. The maximum atomic E-state index is 12.2. The van der Waals surface area contributed by atoms with E-state index in [2.05, 4.69) is 5.32 Å². The van der Waals surface area contributed by atoms with E-state index in [0.717, 1.165) is 12.0 Å². The predicted molar refractivity (Wildman–Crippen MR) is 79.6 cm³/mol. The number of aliphatic hydroxyl groups is 1. The Labute approximate surface area is 125 Å². The van der Waals surface area contributed by atoms with Crippen LogP contribution in [0.2, 0.25) is 0 Å². The molecule has 1 fully saturated rings. The van der Waals surface area contributed by atoms with Crippen molar-refractivity contribution in [3.63, 3.8) is 0 Å². The second kappa shape index (κ2) is 7.22. The molecule has 1 aromatic carbocycles. The van der Waals surface area contributed by atoms with Gasteiger partial charge in [0.2, 0.25) is 11.8 Å². The molecule has 0 saturated carbocycles. The average Bonchev–Trinajstić information content (AvgIpc) is 2.44. The molecule has 0 aliphatic carbocycles. The van der Waals surface area contributed by atoms with Crippen LogP contribution in [0.15, 0.2) is 30.3 Å². The van der Waals surface area contributed by atoms with Crippen LogP contribution in [0.4, 0.5) is 0 Å². The third-order valence-corrected chi connectivity index (χ3v) is 3.59. The molecule has 0 aromatic heterocycles. The molecule has 5 nitrogen and oxygen atoms in total. The van der Waals surface area contributed by atoms with E-state index < -0.39 is 12.1 Å². The minimum absolute atomic E-state index is 0.0939. The zero-order valence-corrected chi connectivity index (χ0v) is 12.3. The fourth-order valence-corrected chi connectivity index (χ4v) is 2.43. The van der Waals surface area contributed by atoms with Crippen molar-refractivity contribution >= 4 is 11.8 Å². The predicted octanol–water partition coefficient (Wildman–Crippen LogP) is 0.717. The fraction of sp³-hybridized carbons (Fsp3) is 0.500. The van der Waals surface area contributed by atoms with Gasteiger partial charge in [-0.3, -0.25) is 9.59 Å². The summed E-state index contributed by atoms with van der Waals surface area (Å²) in [6.07, 6.45) is 1.29. The van der Waals surface area contributed by atoms with Crippen LogP contribution in [0.3, 0.4) is 0 Å². The molecular formula is C16H22N2O3. The number of benzene rings is 1. The van der Waals surface area contributed by atoms with Gasteiger partial charge in [0.1, 0.15) is 6.04 Å². The van der Waals surface area contributed by atoms with Gasteiger partial charge in [0.15, 0.2) is 0 Å². The lowest BCUT2D eigenvalue weighted by Crippen LogP contribution is -2.59. The van der Waals surface area contributed by atoms with Gasteiger partial charge in [0.05, 0.1) is 12.5 Å². The van der Waals surface area contributed by atoms with Crippen LogP contribution in [0.5, 0.6) is 0 Å². The molecule has 114 valence electrons. The second-order valence-corrected chi connectivity index (χ2v) is 5.47. The van der Waals surface area contributed by atoms with E-state index in [0.29, 0.717) is 19.5 Å². The molecule has 0 radical (unpaired) electrons. The first-order valence-electron chi connectivity index (χ1n) is 7.40. The van der Waals surface area contributed by atoms with Gasteiger partial charge in [0.25, 0.3) is 0 Å². The number of hydrogen-bond acceptors (Lipinski definition) is 3. The molecular weight excluding hydrogens is 268 g/mol. The Morgan fingerprint density at radius 3 is 2.57 bits per heavy atom. The highest BCUT2D eigenvalue weighted by atomic mass is 16.3. The monoisotopic (exact) mass is 290 g/mol. The molecule has 1 aromatic rings. The van der Waals surface area contributed by atoms with Crippen LogP contribution >= 0.6 is 0 Å². The van der Waals surface area contributed by atoms with Crippen molar-refractivity contribution in [2.24, 2.45) is 0 Å². The fourth-order valence-electron chi connectivity index (χ4n) is 2.43. The van der Waals surface area contributed by atoms with Crippen molar-refractivity contribution in [2.75, 3.05) is 13.1 Å². The summed E-state index contributed by atoms with van der Waals surface area (Å²) >= 11 is 0. The average molecular weight is 290 g/mol. The minimum atomic E-state index is -0.487. The topological polar surface area (TPSA) is 69.6 Å². The van der Waals surface area contributed by atoms with Crippen molar-refractivity contribution in [1.82, 2.24) is 10.2 Å². The van der Waals surface area contributed by atoms with Gasteiger partial charge >= 0.3 is 0 Å². The van der Waals surface area contributed by atoms with E-state index >= 15 is 0 Å². The lowest BCUT2D eigenvalue weighted by atomic mass is 10.1. The minimum Gasteiger partial charge on any atom is -0.389 e. The van der Waals surface area contributed by atoms with Crippen LogP contribution in [0.1, 0.15) is 25.3 Å². The van der Waals surface area contributed by atoms with Crippen molar-refractivity contribution in [1.29, 1.82) is 0 Å². The van der Waals surface area contributed by atoms with Gasteiger partial charge in [0, 0.05) is 13.1 Å². The Kier molecular flexibility index (Phi) is 5.33. The van der Waals surface area contributed by atoms with Crippen molar-refractivity contribution in [3.8, 4) is 0 Å². The van der Waals surface area contributed by atoms with Crippen molar-refractivity contribution in [2.45, 2.75) is 38.3 Å². The van der Waals surface area contributed by atoms with Crippen LogP contribution in [-0.4, -0.2) is 47.1 Å². The van der Waals surface area contributed by atoms with E-state index in [9.17, 15) is 14.7 Å². The summed E-state index contributed by atoms with van der Waals surface area (Å²) in [4.78, 5) is 25.9. The molecule has 1 saturated heterocycles. The number of nitrogens with one attached hydrogen (secondary N) is 1. The normalized spacial score (nSPS) is 16.2. The Balaban J connectivity index is 1.89. The van der Waals surface area contributed by atoms with Crippen molar-refractivity contribution in [3.05, 3.63) is 35.9 Å². The van der Waals surface area contributed by atoms with E-state index in [1.54, 1.807) is 4.90 Å². The second-order valence-electron chi connectivity index (χ2n) is 5.47. The number of β-amino-alcohol motifs (C(OH)–C–C–N with tert-alkyl or cyclic N) is 1. The summed E-state index contributed by atoms with van der Waals surface area (Å²) in [6.45, 7) is 2.72. The van der Waals surface area contributed by atoms with Gasteiger partial charge in [-0.1, -0.05) is 43.7 Å². The molecule has 2 amide bonds. The quantitative estimate of drug-likeness (QED) is 0.811. The van der Waals surface area contributed by atoms with Crippen LogP contribution in [0.25, 0.3) is 0 Å². The Hall–Kier alpha value is -1.88. The number of nitrogens with zero attached hydrogens (tertiary/aromatic N) is 1. The molecule has 1 atom stereocenters. The first-order valence-corrected chi connectivity index (χ1v) is 7.40. The molecule has 5 heteroatoms. The molecule has 1 aliphatic rings. The summed E-state index contributed by atoms with van der Waals surface area (Å²) in [5.74, 6) is -0.238. The number of aliphatic hydroxyl groups excluding tert-OH is 1. The summed E-state index contributed by atoms with van der Waals surface area (Å²) in [6, 6.07) is 8.97. The molecule has 0 spiro atoms. The van der Waals surface area contributed by atoms with E-state index in [4.69, 9.17) is 0 Å². The first kappa shape index (κ1) is 15.5. The number of carbonyl (C=O) groups is 2. The van der Waals surface area contributed by atoms with E-state index in [-0.39, 0.29) is 18.2 Å². The molecule has 1 aliphatic heterocycles. The molecule has 2 rings (SSSR count). The maximum absolute atomic E-state index is 12.2. The van der Waals surface area contributed by atoms with Crippen LogP contribution < -0.4 is 5.32 Å². The third kappa shape index (κ3) is 4.29. The highest BCUT2D eigenvalue weighted by molar-refractivity contribution is 5.88. The third-order valence-electron chi connectivity index (χ3n) is 3.59. The summed E-state index contributed by atoms with van der Waals surface area (Å²) in [5, 5.41) is 12.1. The Morgan fingerprint density at radius 1 is 1.33 bits per heavy atom. The summed E-state index contributed by atoms with van der Waals surface area (Å²) in [5.41, 5.74) is 0.928. The molecule has 0 bridgehead atoms. The molecule has 1 unspecified atom stereocenters. The standard InChI is InChI=1S/C16H22N2O3/c1-2-6-14(16(21)18-10-13(19)11-18)17-15(20)9-12-7-4-3-5-8-12/h3-5,7-8,13-14,19H,2,6,9-11H2,1H3,(H,17,20). The molecule has 2 N–H and O–H groups in total. The largest absolute Gasteiger partial charge is 0.389 e. The van der Waals surface area contributed by atoms with Gasteiger partial charge < -0.3 is 15.3 Å². The van der Waals surface area contributed by atoms with E-state index in [1.807, 2.05) is 37.3 Å². The zero-order chi connectivity index (χ0) is 15.2. The lowest BCUT2D eigenvalue weighted by Gasteiger charge is -2.38. The molecule has 1 heterocycles. The van der Waals surface area contributed by atoms with E-state index in [1.165, 1.54) is 0 Å². The lowest BCUT2D eigenvalue weighted by molar-refractivity contribution is -0.145. The van der Waals surface area contributed by atoms with Crippen LogP contribution in [0, 0.1) is 0 Å². The van der Waals surface area contributed by atoms with Gasteiger partial charge in [-0.05, 0) is 12.0 Å². The zero-order valence-electron chi connectivity index (χ0n) is 12.3.